The van der Waals surface area contributed by atoms with E-state index in [4.69, 9.17) is 4.52 Å². The fraction of sp³-hybridized carbons (Fsp3) is 0.667. The molecule has 0 spiro atoms. The summed E-state index contributed by atoms with van der Waals surface area (Å²) in [6.07, 6.45) is 2.06. The van der Waals surface area contributed by atoms with Gasteiger partial charge in [0.1, 0.15) is 6.04 Å². The molecule has 8 nitrogen and oxygen atoms in total. The second-order valence-corrected chi connectivity index (χ2v) is 4.72. The minimum atomic E-state index is -0.258. The molecule has 1 atom stereocenters. The number of nitrogens with zero attached hydrogens (tertiary/aromatic N) is 3. The van der Waals surface area contributed by atoms with E-state index in [1.807, 2.05) is 6.92 Å². The number of nitrogens with one attached hydrogen (secondary N) is 2. The van der Waals surface area contributed by atoms with Gasteiger partial charge in [0.2, 0.25) is 11.8 Å². The molecule has 0 aromatic carbocycles. The lowest BCUT2D eigenvalue weighted by Gasteiger charge is -2.14. The van der Waals surface area contributed by atoms with Crippen LogP contribution in [0.1, 0.15) is 43.9 Å². The average molecular weight is 281 g/mol. The van der Waals surface area contributed by atoms with Gasteiger partial charge in [-0.25, -0.2) is 4.79 Å². The second-order valence-electron chi connectivity index (χ2n) is 4.72. The number of rotatable bonds is 5. The summed E-state index contributed by atoms with van der Waals surface area (Å²) in [5, 5.41) is 9.14. The van der Waals surface area contributed by atoms with E-state index in [0.717, 1.165) is 6.42 Å². The summed E-state index contributed by atoms with van der Waals surface area (Å²) in [4.78, 5) is 28.6. The molecule has 1 aliphatic heterocycles. The first-order valence-corrected chi connectivity index (χ1v) is 6.71. The van der Waals surface area contributed by atoms with Gasteiger partial charge in [-0.2, -0.15) is 4.98 Å². The third kappa shape index (κ3) is 3.25. The summed E-state index contributed by atoms with van der Waals surface area (Å²) in [6.45, 7) is 2.80. The van der Waals surface area contributed by atoms with Gasteiger partial charge in [-0.3, -0.25) is 4.79 Å². The van der Waals surface area contributed by atoms with Crippen molar-refractivity contribution >= 4 is 11.9 Å². The Kier molecular flexibility index (Phi) is 4.54. The summed E-state index contributed by atoms with van der Waals surface area (Å²) in [5.41, 5.74) is 0. The highest BCUT2D eigenvalue weighted by Gasteiger charge is 2.33. The van der Waals surface area contributed by atoms with Crippen molar-refractivity contribution in [3.05, 3.63) is 11.7 Å². The van der Waals surface area contributed by atoms with E-state index < -0.39 is 0 Å². The monoisotopic (exact) mass is 281 g/mol. The molecule has 0 aliphatic carbocycles. The first-order valence-electron chi connectivity index (χ1n) is 6.71. The van der Waals surface area contributed by atoms with Gasteiger partial charge in [0.15, 0.2) is 5.82 Å². The van der Waals surface area contributed by atoms with Crippen LogP contribution in [-0.4, -0.2) is 40.6 Å². The number of aromatic nitrogens is 2. The molecule has 1 saturated heterocycles. The van der Waals surface area contributed by atoms with E-state index >= 15 is 0 Å². The highest BCUT2D eigenvalue weighted by Crippen LogP contribution is 2.29. The van der Waals surface area contributed by atoms with E-state index in [2.05, 4.69) is 20.8 Å². The van der Waals surface area contributed by atoms with Crippen LogP contribution in [0.2, 0.25) is 0 Å². The topological polar surface area (TPSA) is 100 Å². The van der Waals surface area contributed by atoms with Crippen LogP contribution in [0.3, 0.4) is 0 Å². The Morgan fingerprint density at radius 2 is 2.30 bits per heavy atom. The summed E-state index contributed by atoms with van der Waals surface area (Å²) >= 11 is 0. The van der Waals surface area contributed by atoms with Gasteiger partial charge < -0.3 is 20.1 Å². The smallest absolute Gasteiger partial charge is 0.315 e. The Bertz CT molecular complexity index is 487. The van der Waals surface area contributed by atoms with Gasteiger partial charge in [0.25, 0.3) is 0 Å². The SMILES string of the molecule is CCCNC(=O)NCc1noc([C@@H]2CCC(=O)N2C)n1. The molecule has 0 radical (unpaired) electrons. The Labute approximate surface area is 116 Å². The van der Waals surface area contributed by atoms with Crippen molar-refractivity contribution in [2.45, 2.75) is 38.8 Å². The number of carbonyl (C=O) groups is 2. The van der Waals surface area contributed by atoms with Crippen LogP contribution in [0.5, 0.6) is 0 Å². The maximum atomic E-state index is 11.5. The molecule has 2 heterocycles. The Morgan fingerprint density at radius 3 is 2.95 bits per heavy atom. The average Bonchev–Trinajstić information content (AvgIpc) is 3.02. The number of carbonyl (C=O) groups excluding carboxylic acids is 2. The zero-order valence-electron chi connectivity index (χ0n) is 11.7. The van der Waals surface area contributed by atoms with Crippen molar-refractivity contribution in [1.82, 2.24) is 25.7 Å². The Morgan fingerprint density at radius 1 is 1.50 bits per heavy atom. The van der Waals surface area contributed by atoms with Crippen LogP contribution in [0.15, 0.2) is 4.52 Å². The lowest BCUT2D eigenvalue weighted by atomic mass is 10.2. The Hall–Kier alpha value is -2.12. The fourth-order valence-electron chi connectivity index (χ4n) is 2.03. The van der Waals surface area contributed by atoms with E-state index in [0.29, 0.717) is 31.1 Å². The summed E-state index contributed by atoms with van der Waals surface area (Å²) in [7, 11) is 1.72. The highest BCUT2D eigenvalue weighted by molar-refractivity contribution is 5.78. The lowest BCUT2D eigenvalue weighted by Crippen LogP contribution is -2.35. The van der Waals surface area contributed by atoms with Crippen LogP contribution in [-0.2, 0) is 11.3 Å². The standard InChI is InChI=1S/C12H19N5O3/c1-3-6-13-12(19)14-7-9-15-11(20-16-9)8-4-5-10(18)17(8)2/h8H,3-7H2,1-2H3,(H2,13,14,19)/t8-/m0/s1. The van der Waals surface area contributed by atoms with Crippen molar-refractivity contribution in [3.63, 3.8) is 0 Å². The van der Waals surface area contributed by atoms with E-state index in [1.54, 1.807) is 11.9 Å². The molecule has 2 N–H and O–H groups in total. The van der Waals surface area contributed by atoms with Crippen LogP contribution < -0.4 is 10.6 Å². The molecular formula is C12H19N5O3. The van der Waals surface area contributed by atoms with Gasteiger partial charge >= 0.3 is 6.03 Å². The van der Waals surface area contributed by atoms with Gasteiger partial charge in [0, 0.05) is 20.0 Å². The summed E-state index contributed by atoms with van der Waals surface area (Å²) in [6, 6.07) is -0.413. The summed E-state index contributed by atoms with van der Waals surface area (Å²) < 4.78 is 5.15. The molecule has 2 rings (SSSR count). The van der Waals surface area contributed by atoms with Crippen LogP contribution in [0.25, 0.3) is 0 Å². The molecule has 1 aromatic rings. The normalized spacial score (nSPS) is 18.4. The van der Waals surface area contributed by atoms with Gasteiger partial charge in [0.05, 0.1) is 6.54 Å². The van der Waals surface area contributed by atoms with E-state index in [9.17, 15) is 9.59 Å². The number of amides is 3. The van der Waals surface area contributed by atoms with E-state index in [-0.39, 0.29) is 24.5 Å². The molecule has 1 aliphatic rings. The molecule has 3 amide bonds. The zero-order chi connectivity index (χ0) is 14.5. The van der Waals surface area contributed by atoms with Crippen LogP contribution >= 0.6 is 0 Å². The van der Waals surface area contributed by atoms with Crippen molar-refractivity contribution in [2.24, 2.45) is 0 Å². The first kappa shape index (κ1) is 14.3. The van der Waals surface area contributed by atoms with Crippen molar-refractivity contribution < 1.29 is 14.1 Å². The maximum absolute atomic E-state index is 11.5. The molecule has 20 heavy (non-hydrogen) atoms. The van der Waals surface area contributed by atoms with Crippen molar-refractivity contribution in [1.29, 1.82) is 0 Å². The predicted octanol–water partition coefficient (Wildman–Crippen LogP) is 0.572. The zero-order valence-corrected chi connectivity index (χ0v) is 11.7. The van der Waals surface area contributed by atoms with E-state index in [1.165, 1.54) is 0 Å². The van der Waals surface area contributed by atoms with Gasteiger partial charge in [-0.05, 0) is 12.8 Å². The molecular weight excluding hydrogens is 262 g/mol. The largest absolute Gasteiger partial charge is 0.338 e. The molecule has 1 aromatic heterocycles. The molecule has 1 fully saturated rings. The summed E-state index contributed by atoms with van der Waals surface area (Å²) in [5.74, 6) is 0.898. The number of urea groups is 1. The lowest BCUT2D eigenvalue weighted by molar-refractivity contribution is -0.127. The maximum Gasteiger partial charge on any atom is 0.315 e. The van der Waals surface area contributed by atoms with Gasteiger partial charge in [-0.15, -0.1) is 0 Å². The third-order valence-corrected chi connectivity index (χ3v) is 3.20. The third-order valence-electron chi connectivity index (χ3n) is 3.20. The van der Waals surface area contributed by atoms with Crippen molar-refractivity contribution in [2.75, 3.05) is 13.6 Å². The molecule has 0 saturated carbocycles. The number of likely N-dealkylation sites (tertiary alicyclic amines) is 1. The minimum Gasteiger partial charge on any atom is -0.338 e. The first-order chi connectivity index (χ1) is 9.61. The van der Waals surface area contributed by atoms with Crippen LogP contribution in [0.4, 0.5) is 4.79 Å². The fourth-order valence-corrected chi connectivity index (χ4v) is 2.03. The second kappa shape index (κ2) is 6.36. The quantitative estimate of drug-likeness (QED) is 0.822. The van der Waals surface area contributed by atoms with Gasteiger partial charge in [-0.1, -0.05) is 12.1 Å². The number of hydrogen-bond donors (Lipinski definition) is 2. The number of hydrogen-bond acceptors (Lipinski definition) is 5. The molecule has 0 unspecified atom stereocenters. The Balaban J connectivity index is 1.86. The predicted molar refractivity (Wildman–Crippen MR) is 69.6 cm³/mol. The highest BCUT2D eigenvalue weighted by atomic mass is 16.5. The molecule has 110 valence electrons. The minimum absolute atomic E-state index is 0.0758. The van der Waals surface area contributed by atoms with Crippen molar-refractivity contribution in [3.8, 4) is 0 Å². The molecule has 0 bridgehead atoms. The molecule has 8 heteroatoms. The van der Waals surface area contributed by atoms with Crippen LogP contribution in [0, 0.1) is 0 Å².